The van der Waals surface area contributed by atoms with Gasteiger partial charge in [-0.3, -0.25) is 4.79 Å². The summed E-state index contributed by atoms with van der Waals surface area (Å²) in [7, 11) is -4.08. The van der Waals surface area contributed by atoms with Crippen molar-refractivity contribution in [3.05, 3.63) is 76.9 Å². The normalized spacial score (nSPS) is 11.4. The second kappa shape index (κ2) is 7.55. The van der Waals surface area contributed by atoms with Gasteiger partial charge in [0.1, 0.15) is 5.82 Å². The van der Waals surface area contributed by atoms with E-state index in [2.05, 4.69) is 12.0 Å². The number of aryl methyl sites for hydroxylation is 1. The standard InChI is InChI=1S/C20H20FN3O3S/c1-4-19-13(2)22-24(14(19)3)17-9-5-15(6-10-17)20(25)23-28(26,27)18-11-7-16(21)8-12-18/h5-12H,4H2,1-3H3,(H,23,25). The van der Waals surface area contributed by atoms with E-state index < -0.39 is 21.7 Å². The molecule has 28 heavy (non-hydrogen) atoms. The molecule has 1 aromatic heterocycles. The summed E-state index contributed by atoms with van der Waals surface area (Å²) in [5, 5.41) is 4.52. The van der Waals surface area contributed by atoms with Crippen molar-refractivity contribution in [1.29, 1.82) is 0 Å². The van der Waals surface area contributed by atoms with E-state index >= 15 is 0 Å². The Morgan fingerprint density at radius 3 is 2.21 bits per heavy atom. The van der Waals surface area contributed by atoms with Crippen LogP contribution >= 0.6 is 0 Å². The summed E-state index contributed by atoms with van der Waals surface area (Å²) >= 11 is 0. The minimum atomic E-state index is -4.08. The molecule has 0 bridgehead atoms. The summed E-state index contributed by atoms with van der Waals surface area (Å²) in [5.41, 5.74) is 4.11. The Balaban J connectivity index is 1.81. The summed E-state index contributed by atoms with van der Waals surface area (Å²) < 4.78 is 41.3. The lowest BCUT2D eigenvalue weighted by atomic mass is 10.1. The Kier molecular flexibility index (Phi) is 5.33. The molecule has 6 nitrogen and oxygen atoms in total. The summed E-state index contributed by atoms with van der Waals surface area (Å²) in [6.45, 7) is 6.00. The number of aromatic nitrogens is 2. The average molecular weight is 401 g/mol. The third kappa shape index (κ3) is 3.82. The molecule has 3 rings (SSSR count). The Morgan fingerprint density at radius 2 is 1.68 bits per heavy atom. The van der Waals surface area contributed by atoms with Crippen molar-refractivity contribution >= 4 is 15.9 Å². The monoisotopic (exact) mass is 401 g/mol. The van der Waals surface area contributed by atoms with Gasteiger partial charge < -0.3 is 0 Å². The fourth-order valence-corrected chi connectivity index (χ4v) is 4.02. The zero-order valence-corrected chi connectivity index (χ0v) is 16.5. The molecule has 2 aromatic carbocycles. The highest BCUT2D eigenvalue weighted by Crippen LogP contribution is 2.19. The molecule has 1 amide bonds. The fourth-order valence-electron chi connectivity index (χ4n) is 3.05. The smallest absolute Gasteiger partial charge is 0.264 e. The molecule has 0 atom stereocenters. The van der Waals surface area contributed by atoms with Gasteiger partial charge in [-0.1, -0.05) is 6.92 Å². The maximum atomic E-state index is 13.0. The number of nitrogens with one attached hydrogen (secondary N) is 1. The number of carbonyl (C=O) groups is 1. The van der Waals surface area contributed by atoms with Crippen molar-refractivity contribution in [3.63, 3.8) is 0 Å². The molecule has 8 heteroatoms. The largest absolute Gasteiger partial charge is 0.268 e. The van der Waals surface area contributed by atoms with Gasteiger partial charge in [-0.05, 0) is 74.4 Å². The topological polar surface area (TPSA) is 81.1 Å². The summed E-state index contributed by atoms with van der Waals surface area (Å²) in [6.07, 6.45) is 0.874. The van der Waals surface area contributed by atoms with Crippen molar-refractivity contribution < 1.29 is 17.6 Å². The molecule has 0 saturated heterocycles. The second-order valence-electron chi connectivity index (χ2n) is 6.35. The number of sulfonamides is 1. The molecule has 1 heterocycles. The Bertz CT molecular complexity index is 1120. The maximum Gasteiger partial charge on any atom is 0.264 e. The van der Waals surface area contributed by atoms with E-state index in [1.807, 2.05) is 18.6 Å². The average Bonchev–Trinajstić information content (AvgIpc) is 2.95. The first-order valence-electron chi connectivity index (χ1n) is 8.71. The first-order valence-corrected chi connectivity index (χ1v) is 10.2. The molecule has 146 valence electrons. The van der Waals surface area contributed by atoms with Crippen LogP contribution in [0.25, 0.3) is 5.69 Å². The Hall–Kier alpha value is -3.00. The molecule has 0 saturated carbocycles. The van der Waals surface area contributed by atoms with E-state index in [4.69, 9.17) is 0 Å². The zero-order chi connectivity index (χ0) is 20.5. The van der Waals surface area contributed by atoms with Crippen LogP contribution in [0.5, 0.6) is 0 Å². The number of amides is 1. The minimum absolute atomic E-state index is 0.186. The first kappa shape index (κ1) is 19.8. The van der Waals surface area contributed by atoms with E-state index in [1.54, 1.807) is 16.8 Å². The van der Waals surface area contributed by atoms with Crippen molar-refractivity contribution in [2.45, 2.75) is 32.1 Å². The molecule has 0 aliphatic heterocycles. The third-order valence-corrected chi connectivity index (χ3v) is 5.87. The summed E-state index contributed by atoms with van der Waals surface area (Å²) in [6, 6.07) is 10.7. The molecule has 0 spiro atoms. The van der Waals surface area contributed by atoms with Gasteiger partial charge in [0.05, 0.1) is 16.3 Å². The molecule has 0 aliphatic carbocycles. The van der Waals surface area contributed by atoms with Crippen LogP contribution in [0, 0.1) is 19.7 Å². The Labute approximate surface area is 163 Å². The molecule has 0 radical (unpaired) electrons. The SMILES string of the molecule is CCc1c(C)nn(-c2ccc(C(=O)NS(=O)(=O)c3ccc(F)cc3)cc2)c1C. The molecular formula is C20H20FN3O3S. The first-order chi connectivity index (χ1) is 13.2. The predicted molar refractivity (Wildman–Crippen MR) is 103 cm³/mol. The van der Waals surface area contributed by atoms with Gasteiger partial charge in [-0.25, -0.2) is 22.2 Å². The van der Waals surface area contributed by atoms with Gasteiger partial charge in [-0.2, -0.15) is 5.10 Å². The number of rotatable bonds is 5. The van der Waals surface area contributed by atoms with Crippen LogP contribution in [-0.4, -0.2) is 24.1 Å². The van der Waals surface area contributed by atoms with Crippen LogP contribution < -0.4 is 4.72 Å². The second-order valence-corrected chi connectivity index (χ2v) is 8.03. The predicted octanol–water partition coefficient (Wildman–Crippen LogP) is 3.31. The lowest BCUT2D eigenvalue weighted by Gasteiger charge is -2.09. The van der Waals surface area contributed by atoms with E-state index in [0.29, 0.717) is 0 Å². The van der Waals surface area contributed by atoms with Crippen LogP contribution in [0.1, 0.15) is 34.2 Å². The molecule has 0 aliphatic rings. The van der Waals surface area contributed by atoms with Gasteiger partial charge in [-0.15, -0.1) is 0 Å². The van der Waals surface area contributed by atoms with Crippen LogP contribution in [0.3, 0.4) is 0 Å². The van der Waals surface area contributed by atoms with Gasteiger partial charge in [0.25, 0.3) is 15.9 Å². The van der Waals surface area contributed by atoms with Crippen molar-refractivity contribution in [3.8, 4) is 5.69 Å². The quantitative estimate of drug-likeness (QED) is 0.711. The van der Waals surface area contributed by atoms with Gasteiger partial charge in [0.15, 0.2) is 0 Å². The van der Waals surface area contributed by atoms with E-state index in [-0.39, 0.29) is 10.5 Å². The lowest BCUT2D eigenvalue weighted by molar-refractivity contribution is 0.0981. The molecular weight excluding hydrogens is 381 g/mol. The van der Waals surface area contributed by atoms with E-state index in [1.165, 1.54) is 17.7 Å². The number of benzene rings is 2. The van der Waals surface area contributed by atoms with Gasteiger partial charge in [0, 0.05) is 11.3 Å². The van der Waals surface area contributed by atoms with Crippen LogP contribution in [0.15, 0.2) is 53.4 Å². The highest BCUT2D eigenvalue weighted by Gasteiger charge is 2.19. The number of hydrogen-bond acceptors (Lipinski definition) is 4. The molecule has 1 N–H and O–H groups in total. The van der Waals surface area contributed by atoms with Crippen molar-refractivity contribution in [2.24, 2.45) is 0 Å². The minimum Gasteiger partial charge on any atom is -0.268 e. The van der Waals surface area contributed by atoms with E-state index in [9.17, 15) is 17.6 Å². The number of hydrogen-bond donors (Lipinski definition) is 1. The lowest BCUT2D eigenvalue weighted by Crippen LogP contribution is -2.30. The molecule has 0 unspecified atom stereocenters. The third-order valence-electron chi connectivity index (χ3n) is 4.52. The molecule has 3 aromatic rings. The highest BCUT2D eigenvalue weighted by atomic mass is 32.2. The molecule has 0 fully saturated rings. The van der Waals surface area contributed by atoms with E-state index in [0.717, 1.165) is 47.8 Å². The number of carbonyl (C=O) groups excluding carboxylic acids is 1. The Morgan fingerprint density at radius 1 is 1.07 bits per heavy atom. The zero-order valence-electron chi connectivity index (χ0n) is 15.7. The van der Waals surface area contributed by atoms with Gasteiger partial charge >= 0.3 is 0 Å². The van der Waals surface area contributed by atoms with Crippen LogP contribution in [0.2, 0.25) is 0 Å². The summed E-state index contributed by atoms with van der Waals surface area (Å²) in [5.74, 6) is -1.32. The highest BCUT2D eigenvalue weighted by molar-refractivity contribution is 7.90. The number of nitrogens with zero attached hydrogens (tertiary/aromatic N) is 2. The van der Waals surface area contributed by atoms with Gasteiger partial charge in [0.2, 0.25) is 0 Å². The van der Waals surface area contributed by atoms with Crippen LogP contribution in [-0.2, 0) is 16.4 Å². The number of halogens is 1. The summed E-state index contributed by atoms with van der Waals surface area (Å²) in [4.78, 5) is 12.1. The van der Waals surface area contributed by atoms with Crippen LogP contribution in [0.4, 0.5) is 4.39 Å². The van der Waals surface area contributed by atoms with Crippen molar-refractivity contribution in [1.82, 2.24) is 14.5 Å². The van der Waals surface area contributed by atoms with Crippen molar-refractivity contribution in [2.75, 3.05) is 0 Å². The maximum absolute atomic E-state index is 13.0. The fraction of sp³-hybridized carbons (Fsp3) is 0.200.